The van der Waals surface area contributed by atoms with Gasteiger partial charge < -0.3 is 10.1 Å². The second-order valence-electron chi connectivity index (χ2n) is 6.66. The van der Waals surface area contributed by atoms with Gasteiger partial charge in [0.05, 0.1) is 12.3 Å². The standard InChI is InChI=1S/C18H29NO/c1-14(2)13-20-18-10-5-4-9-17(18)19-16-8-6-7-15(3)11-12-16/h4-5,9-10,14-16,19H,6-8,11-13H2,1-3H3. The SMILES string of the molecule is CC(C)COc1ccccc1NC1CCCC(C)CC1. The molecule has 0 bridgehead atoms. The molecule has 1 N–H and O–H groups in total. The first-order chi connectivity index (χ1) is 9.65. The Balaban J connectivity index is 1.97. The number of rotatable bonds is 5. The van der Waals surface area contributed by atoms with Crippen LogP contribution in [0.4, 0.5) is 5.69 Å². The molecule has 1 aliphatic carbocycles. The van der Waals surface area contributed by atoms with Gasteiger partial charge in [-0.3, -0.25) is 0 Å². The summed E-state index contributed by atoms with van der Waals surface area (Å²) < 4.78 is 5.93. The lowest BCUT2D eigenvalue weighted by Crippen LogP contribution is -2.19. The lowest BCUT2D eigenvalue weighted by Gasteiger charge is -2.20. The van der Waals surface area contributed by atoms with Crippen molar-refractivity contribution < 1.29 is 4.74 Å². The summed E-state index contributed by atoms with van der Waals surface area (Å²) in [6.45, 7) is 7.52. The van der Waals surface area contributed by atoms with Crippen LogP contribution in [-0.4, -0.2) is 12.6 Å². The van der Waals surface area contributed by atoms with Crippen molar-refractivity contribution in [2.75, 3.05) is 11.9 Å². The Morgan fingerprint density at radius 2 is 1.95 bits per heavy atom. The van der Waals surface area contributed by atoms with Crippen molar-refractivity contribution in [3.63, 3.8) is 0 Å². The summed E-state index contributed by atoms with van der Waals surface area (Å²) in [5.74, 6) is 2.44. The fourth-order valence-electron chi connectivity index (χ4n) is 2.82. The molecule has 2 atom stereocenters. The van der Waals surface area contributed by atoms with Crippen molar-refractivity contribution in [3.05, 3.63) is 24.3 Å². The van der Waals surface area contributed by atoms with E-state index < -0.39 is 0 Å². The van der Waals surface area contributed by atoms with Gasteiger partial charge in [0.2, 0.25) is 0 Å². The quantitative estimate of drug-likeness (QED) is 0.755. The maximum absolute atomic E-state index is 5.93. The number of ether oxygens (including phenoxy) is 1. The van der Waals surface area contributed by atoms with Gasteiger partial charge in [-0.15, -0.1) is 0 Å². The van der Waals surface area contributed by atoms with E-state index in [1.165, 1.54) is 32.1 Å². The van der Waals surface area contributed by atoms with Crippen molar-refractivity contribution in [1.29, 1.82) is 0 Å². The molecule has 1 aliphatic rings. The van der Waals surface area contributed by atoms with Crippen molar-refractivity contribution in [2.24, 2.45) is 11.8 Å². The van der Waals surface area contributed by atoms with Gasteiger partial charge in [0, 0.05) is 6.04 Å². The van der Waals surface area contributed by atoms with Gasteiger partial charge in [-0.05, 0) is 43.2 Å². The highest BCUT2D eigenvalue weighted by Gasteiger charge is 2.17. The van der Waals surface area contributed by atoms with Crippen molar-refractivity contribution in [3.8, 4) is 5.75 Å². The van der Waals surface area contributed by atoms with Crippen molar-refractivity contribution in [2.45, 2.75) is 58.9 Å². The van der Waals surface area contributed by atoms with E-state index in [-0.39, 0.29) is 0 Å². The molecule has 1 aromatic carbocycles. The van der Waals surface area contributed by atoms with Gasteiger partial charge in [-0.2, -0.15) is 0 Å². The minimum Gasteiger partial charge on any atom is -0.491 e. The molecule has 0 radical (unpaired) electrons. The average molecular weight is 275 g/mol. The maximum Gasteiger partial charge on any atom is 0.142 e. The summed E-state index contributed by atoms with van der Waals surface area (Å²) in [5, 5.41) is 3.71. The van der Waals surface area contributed by atoms with Gasteiger partial charge in [0.25, 0.3) is 0 Å². The van der Waals surface area contributed by atoms with Crippen LogP contribution in [0, 0.1) is 11.8 Å². The van der Waals surface area contributed by atoms with Crippen molar-refractivity contribution >= 4 is 5.69 Å². The van der Waals surface area contributed by atoms with Gasteiger partial charge in [-0.1, -0.05) is 45.7 Å². The molecule has 0 heterocycles. The molecule has 1 aromatic rings. The molecule has 112 valence electrons. The largest absolute Gasteiger partial charge is 0.491 e. The highest BCUT2D eigenvalue weighted by molar-refractivity contribution is 5.56. The molecular weight excluding hydrogens is 246 g/mol. The monoisotopic (exact) mass is 275 g/mol. The van der Waals surface area contributed by atoms with Gasteiger partial charge >= 0.3 is 0 Å². The molecule has 0 saturated heterocycles. The molecule has 0 amide bonds. The number of nitrogens with one attached hydrogen (secondary N) is 1. The van der Waals surface area contributed by atoms with E-state index in [0.29, 0.717) is 12.0 Å². The van der Waals surface area contributed by atoms with Crippen LogP contribution in [-0.2, 0) is 0 Å². The number of benzene rings is 1. The van der Waals surface area contributed by atoms with Crippen LogP contribution >= 0.6 is 0 Å². The summed E-state index contributed by atoms with van der Waals surface area (Å²) in [4.78, 5) is 0. The fourth-order valence-corrected chi connectivity index (χ4v) is 2.82. The van der Waals surface area contributed by atoms with E-state index in [0.717, 1.165) is 24.0 Å². The summed E-state index contributed by atoms with van der Waals surface area (Å²) in [5.41, 5.74) is 1.16. The van der Waals surface area contributed by atoms with Crippen LogP contribution in [0.2, 0.25) is 0 Å². The highest BCUT2D eigenvalue weighted by Crippen LogP contribution is 2.29. The van der Waals surface area contributed by atoms with Crippen molar-refractivity contribution in [1.82, 2.24) is 0 Å². The van der Waals surface area contributed by atoms with Gasteiger partial charge in [0.1, 0.15) is 5.75 Å². The minimum absolute atomic E-state index is 0.557. The van der Waals surface area contributed by atoms with Crippen LogP contribution in [0.1, 0.15) is 52.9 Å². The van der Waals surface area contributed by atoms with E-state index in [9.17, 15) is 0 Å². The maximum atomic E-state index is 5.93. The van der Waals surface area contributed by atoms with E-state index in [1.54, 1.807) is 0 Å². The van der Waals surface area contributed by atoms with Crippen LogP contribution in [0.3, 0.4) is 0 Å². The summed E-state index contributed by atoms with van der Waals surface area (Å²) in [7, 11) is 0. The van der Waals surface area contributed by atoms with Crippen LogP contribution in [0.25, 0.3) is 0 Å². The Labute approximate surface area is 123 Å². The van der Waals surface area contributed by atoms with Gasteiger partial charge in [-0.25, -0.2) is 0 Å². The third-order valence-corrected chi connectivity index (χ3v) is 4.08. The third-order valence-electron chi connectivity index (χ3n) is 4.08. The first-order valence-electron chi connectivity index (χ1n) is 8.13. The number of hydrogen-bond donors (Lipinski definition) is 1. The second-order valence-corrected chi connectivity index (χ2v) is 6.66. The summed E-state index contributed by atoms with van der Waals surface area (Å²) in [6, 6.07) is 8.96. The summed E-state index contributed by atoms with van der Waals surface area (Å²) in [6.07, 6.45) is 6.62. The lowest BCUT2D eigenvalue weighted by atomic mass is 10.0. The zero-order valence-corrected chi connectivity index (χ0v) is 13.2. The van der Waals surface area contributed by atoms with Crippen LogP contribution < -0.4 is 10.1 Å². The van der Waals surface area contributed by atoms with Gasteiger partial charge in [0.15, 0.2) is 0 Å². The Bertz CT molecular complexity index is 402. The minimum atomic E-state index is 0.557. The molecule has 20 heavy (non-hydrogen) atoms. The smallest absolute Gasteiger partial charge is 0.142 e. The predicted octanol–water partition coefficient (Wildman–Crippen LogP) is 5.10. The predicted molar refractivity (Wildman–Crippen MR) is 86.4 cm³/mol. The summed E-state index contributed by atoms with van der Waals surface area (Å²) >= 11 is 0. The third kappa shape index (κ3) is 4.73. The molecule has 2 nitrogen and oxygen atoms in total. The van der Waals surface area contributed by atoms with E-state index >= 15 is 0 Å². The van der Waals surface area contributed by atoms with Crippen LogP contribution in [0.5, 0.6) is 5.75 Å². The Morgan fingerprint density at radius 3 is 2.75 bits per heavy atom. The number of anilines is 1. The molecule has 0 spiro atoms. The normalized spacial score (nSPS) is 23.4. The molecule has 1 saturated carbocycles. The topological polar surface area (TPSA) is 21.3 Å². The first kappa shape index (κ1) is 15.2. The molecule has 1 fully saturated rings. The number of hydrogen-bond acceptors (Lipinski definition) is 2. The van der Waals surface area contributed by atoms with E-state index in [4.69, 9.17) is 4.74 Å². The molecule has 0 aromatic heterocycles. The Hall–Kier alpha value is -1.18. The highest BCUT2D eigenvalue weighted by atomic mass is 16.5. The molecule has 2 unspecified atom stereocenters. The molecular formula is C18H29NO. The van der Waals surface area contributed by atoms with E-state index in [1.807, 2.05) is 0 Å². The van der Waals surface area contributed by atoms with Crippen LogP contribution in [0.15, 0.2) is 24.3 Å². The average Bonchev–Trinajstić information content (AvgIpc) is 2.63. The first-order valence-corrected chi connectivity index (χ1v) is 8.13. The Morgan fingerprint density at radius 1 is 1.15 bits per heavy atom. The molecule has 2 rings (SSSR count). The zero-order chi connectivity index (χ0) is 14.4. The van der Waals surface area contributed by atoms with E-state index in [2.05, 4.69) is 50.4 Å². The molecule has 2 heteroatoms. The lowest BCUT2D eigenvalue weighted by molar-refractivity contribution is 0.272. The number of para-hydroxylation sites is 2. The second kappa shape index (κ2) is 7.56. The zero-order valence-electron chi connectivity index (χ0n) is 13.2. The Kier molecular flexibility index (Phi) is 5.75. The molecule has 0 aliphatic heterocycles. The fraction of sp³-hybridized carbons (Fsp3) is 0.667.